The molecule has 1 heterocycles. The van der Waals surface area contributed by atoms with E-state index < -0.39 is 11.9 Å². The van der Waals surface area contributed by atoms with E-state index in [4.69, 9.17) is 5.11 Å². The number of hydrogen-bond acceptors (Lipinski definition) is 2. The summed E-state index contributed by atoms with van der Waals surface area (Å²) >= 11 is 0. The molecule has 96 valence electrons. The maximum atomic E-state index is 12.0. The van der Waals surface area contributed by atoms with Crippen LogP contribution in [0.1, 0.15) is 5.56 Å². The third-order valence-corrected chi connectivity index (χ3v) is 3.09. The van der Waals surface area contributed by atoms with E-state index in [2.05, 4.69) is 0 Å². The highest BCUT2D eigenvalue weighted by atomic mass is 16.4. The van der Waals surface area contributed by atoms with Gasteiger partial charge >= 0.3 is 12.0 Å². The van der Waals surface area contributed by atoms with Crippen LogP contribution in [0.4, 0.5) is 4.79 Å². The van der Waals surface area contributed by atoms with Crippen LogP contribution in [0.3, 0.4) is 0 Å². The molecular weight excluding hydrogens is 232 g/mol. The molecule has 0 radical (unpaired) electrons. The molecule has 0 aromatic heterocycles. The van der Waals surface area contributed by atoms with Crippen molar-refractivity contribution in [2.75, 3.05) is 20.1 Å². The predicted octanol–water partition coefficient (Wildman–Crippen LogP) is 1.25. The molecule has 0 atom stereocenters. The molecule has 18 heavy (non-hydrogen) atoms. The van der Waals surface area contributed by atoms with E-state index in [1.165, 1.54) is 0 Å². The van der Waals surface area contributed by atoms with E-state index >= 15 is 0 Å². The zero-order valence-electron chi connectivity index (χ0n) is 10.2. The Kier molecular flexibility index (Phi) is 3.50. The number of nitrogens with zero attached hydrogens (tertiary/aromatic N) is 2. The van der Waals surface area contributed by atoms with Gasteiger partial charge < -0.3 is 14.9 Å². The van der Waals surface area contributed by atoms with Gasteiger partial charge in [0.1, 0.15) is 0 Å². The summed E-state index contributed by atoms with van der Waals surface area (Å²) in [5.41, 5.74) is 1.06. The zero-order valence-corrected chi connectivity index (χ0v) is 10.2. The maximum absolute atomic E-state index is 12.0. The number of rotatable bonds is 3. The molecule has 0 spiro atoms. The van der Waals surface area contributed by atoms with Gasteiger partial charge in [0.2, 0.25) is 0 Å². The number of likely N-dealkylation sites (tertiary alicyclic amines) is 1. The highest BCUT2D eigenvalue weighted by Gasteiger charge is 2.36. The lowest BCUT2D eigenvalue weighted by Crippen LogP contribution is -2.56. The molecule has 0 aliphatic carbocycles. The van der Waals surface area contributed by atoms with Gasteiger partial charge in [0, 0.05) is 26.7 Å². The second kappa shape index (κ2) is 5.08. The number of carboxylic acid groups (broad SMARTS) is 1. The third kappa shape index (κ3) is 2.61. The average molecular weight is 248 g/mol. The van der Waals surface area contributed by atoms with Crippen molar-refractivity contribution in [3.8, 4) is 0 Å². The van der Waals surface area contributed by atoms with Gasteiger partial charge in [-0.25, -0.2) is 4.79 Å². The number of aliphatic carboxylic acids is 1. The van der Waals surface area contributed by atoms with E-state index in [9.17, 15) is 9.59 Å². The van der Waals surface area contributed by atoms with Crippen LogP contribution in [0.25, 0.3) is 0 Å². The Morgan fingerprint density at radius 3 is 2.50 bits per heavy atom. The number of carboxylic acids is 1. The van der Waals surface area contributed by atoms with Gasteiger partial charge in [-0.15, -0.1) is 0 Å². The molecule has 1 aromatic rings. The number of carbonyl (C=O) groups excluding carboxylic acids is 1. The van der Waals surface area contributed by atoms with Gasteiger partial charge in [0.05, 0.1) is 5.92 Å². The Morgan fingerprint density at radius 2 is 1.94 bits per heavy atom. The van der Waals surface area contributed by atoms with Crippen molar-refractivity contribution in [3.05, 3.63) is 35.9 Å². The van der Waals surface area contributed by atoms with Gasteiger partial charge in [-0.1, -0.05) is 30.3 Å². The largest absolute Gasteiger partial charge is 0.481 e. The molecule has 5 heteroatoms. The SMILES string of the molecule is CN(Cc1ccccc1)C(=O)N1CC(C(=O)O)C1. The molecule has 1 saturated heterocycles. The van der Waals surface area contributed by atoms with Crippen molar-refractivity contribution < 1.29 is 14.7 Å². The monoisotopic (exact) mass is 248 g/mol. The normalized spacial score (nSPS) is 15.1. The quantitative estimate of drug-likeness (QED) is 0.875. The number of amides is 2. The Balaban J connectivity index is 1.85. The van der Waals surface area contributed by atoms with E-state index in [0.717, 1.165) is 5.56 Å². The Bertz CT molecular complexity index is 441. The highest BCUT2D eigenvalue weighted by Crippen LogP contribution is 2.17. The van der Waals surface area contributed by atoms with E-state index in [0.29, 0.717) is 19.6 Å². The summed E-state index contributed by atoms with van der Waals surface area (Å²) in [7, 11) is 1.73. The Hall–Kier alpha value is -2.04. The molecule has 1 aliphatic rings. The van der Waals surface area contributed by atoms with Crippen LogP contribution in [0.15, 0.2) is 30.3 Å². The molecule has 1 aliphatic heterocycles. The second-order valence-corrected chi connectivity index (χ2v) is 4.56. The molecule has 1 fully saturated rings. The fourth-order valence-corrected chi connectivity index (χ4v) is 1.96. The first-order valence-corrected chi connectivity index (χ1v) is 5.84. The number of benzene rings is 1. The van der Waals surface area contributed by atoms with Crippen molar-refractivity contribution in [2.45, 2.75) is 6.54 Å². The summed E-state index contributed by atoms with van der Waals surface area (Å²) < 4.78 is 0. The standard InChI is InChI=1S/C13H16N2O3/c1-14(7-10-5-3-2-4-6-10)13(18)15-8-11(9-15)12(16)17/h2-6,11H,7-9H2,1H3,(H,16,17). The minimum Gasteiger partial charge on any atom is -0.481 e. The number of carbonyl (C=O) groups is 2. The Labute approximate surface area is 106 Å². The first-order chi connectivity index (χ1) is 8.58. The van der Waals surface area contributed by atoms with Gasteiger partial charge in [-0.3, -0.25) is 4.79 Å². The molecule has 1 aromatic carbocycles. The number of urea groups is 1. The smallest absolute Gasteiger partial charge is 0.320 e. The molecule has 1 N–H and O–H groups in total. The van der Waals surface area contributed by atoms with Crippen LogP contribution >= 0.6 is 0 Å². The van der Waals surface area contributed by atoms with Crippen molar-refractivity contribution >= 4 is 12.0 Å². The predicted molar refractivity (Wildman–Crippen MR) is 66.0 cm³/mol. The Morgan fingerprint density at radius 1 is 1.33 bits per heavy atom. The van der Waals surface area contributed by atoms with Crippen molar-refractivity contribution in [2.24, 2.45) is 5.92 Å². The fraction of sp³-hybridized carbons (Fsp3) is 0.385. The molecule has 5 nitrogen and oxygen atoms in total. The lowest BCUT2D eigenvalue weighted by atomic mass is 10.0. The molecule has 2 rings (SSSR count). The lowest BCUT2D eigenvalue weighted by Gasteiger charge is -2.38. The minimum atomic E-state index is -0.829. The van der Waals surface area contributed by atoms with Crippen LogP contribution in [0.2, 0.25) is 0 Å². The summed E-state index contributed by atoms with van der Waals surface area (Å²) in [5, 5.41) is 8.76. The maximum Gasteiger partial charge on any atom is 0.320 e. The zero-order chi connectivity index (χ0) is 13.1. The molecule has 2 amide bonds. The van der Waals surface area contributed by atoms with Crippen molar-refractivity contribution in [1.82, 2.24) is 9.80 Å². The van der Waals surface area contributed by atoms with Gasteiger partial charge in [0.15, 0.2) is 0 Å². The van der Waals surface area contributed by atoms with E-state index in [1.54, 1.807) is 16.8 Å². The summed E-state index contributed by atoms with van der Waals surface area (Å²) in [6.45, 7) is 1.16. The summed E-state index contributed by atoms with van der Waals surface area (Å²) in [6.07, 6.45) is 0. The average Bonchev–Trinajstić information content (AvgIpc) is 2.27. The topological polar surface area (TPSA) is 60.9 Å². The molecule has 0 saturated carbocycles. The van der Waals surface area contributed by atoms with E-state index in [1.807, 2.05) is 30.3 Å². The van der Waals surface area contributed by atoms with E-state index in [-0.39, 0.29) is 6.03 Å². The van der Waals surface area contributed by atoms with Crippen LogP contribution in [-0.2, 0) is 11.3 Å². The van der Waals surface area contributed by atoms with Gasteiger partial charge in [0.25, 0.3) is 0 Å². The van der Waals surface area contributed by atoms with Crippen LogP contribution < -0.4 is 0 Å². The van der Waals surface area contributed by atoms with Crippen LogP contribution in [0.5, 0.6) is 0 Å². The summed E-state index contributed by atoms with van der Waals surface area (Å²) in [5.74, 6) is -1.23. The second-order valence-electron chi connectivity index (χ2n) is 4.56. The molecular formula is C13H16N2O3. The first-order valence-electron chi connectivity index (χ1n) is 5.84. The molecule has 0 bridgehead atoms. The summed E-state index contributed by atoms with van der Waals surface area (Å²) in [4.78, 5) is 25.8. The van der Waals surface area contributed by atoms with Gasteiger partial charge in [-0.2, -0.15) is 0 Å². The van der Waals surface area contributed by atoms with Crippen LogP contribution in [-0.4, -0.2) is 47.0 Å². The van der Waals surface area contributed by atoms with Crippen LogP contribution in [0, 0.1) is 5.92 Å². The molecule has 0 unspecified atom stereocenters. The third-order valence-electron chi connectivity index (χ3n) is 3.09. The minimum absolute atomic E-state index is 0.114. The van der Waals surface area contributed by atoms with Crippen molar-refractivity contribution in [1.29, 1.82) is 0 Å². The van der Waals surface area contributed by atoms with Gasteiger partial charge in [-0.05, 0) is 5.56 Å². The summed E-state index contributed by atoms with van der Waals surface area (Å²) in [6, 6.07) is 9.59. The first kappa shape index (κ1) is 12.4. The lowest BCUT2D eigenvalue weighted by molar-refractivity contribution is -0.146. The highest BCUT2D eigenvalue weighted by molar-refractivity contribution is 5.79. The fourth-order valence-electron chi connectivity index (χ4n) is 1.96. The van der Waals surface area contributed by atoms with Crippen molar-refractivity contribution in [3.63, 3.8) is 0 Å². The number of hydrogen-bond donors (Lipinski definition) is 1.